The zero-order valence-corrected chi connectivity index (χ0v) is 12.7. The van der Waals surface area contributed by atoms with Crippen LogP contribution in [-0.4, -0.2) is 20.9 Å². The number of aromatic nitrogens is 2. The Morgan fingerprint density at radius 2 is 2.05 bits per heavy atom. The Morgan fingerprint density at radius 3 is 2.63 bits per heavy atom. The lowest BCUT2D eigenvalue weighted by atomic mass is 10.1. The van der Waals surface area contributed by atoms with Gasteiger partial charge in [0.25, 0.3) is 0 Å². The van der Waals surface area contributed by atoms with E-state index in [0.29, 0.717) is 0 Å². The van der Waals surface area contributed by atoms with Crippen molar-refractivity contribution >= 4 is 21.9 Å². The number of carbonyl (C=O) groups is 1. The third-order valence-electron chi connectivity index (χ3n) is 3.16. The first kappa shape index (κ1) is 13.8. The van der Waals surface area contributed by atoms with E-state index in [1.165, 1.54) is 0 Å². The van der Waals surface area contributed by atoms with Crippen molar-refractivity contribution < 1.29 is 9.90 Å². The van der Waals surface area contributed by atoms with Crippen LogP contribution in [-0.2, 0) is 11.2 Å². The number of rotatable bonds is 3. The van der Waals surface area contributed by atoms with Gasteiger partial charge in [0.1, 0.15) is 0 Å². The van der Waals surface area contributed by atoms with Gasteiger partial charge in [-0.3, -0.25) is 4.79 Å². The summed E-state index contributed by atoms with van der Waals surface area (Å²) in [6.45, 7) is 5.75. The lowest BCUT2D eigenvalue weighted by Gasteiger charge is -2.09. The summed E-state index contributed by atoms with van der Waals surface area (Å²) in [6, 6.07) is 5.95. The largest absolute Gasteiger partial charge is 0.481 e. The summed E-state index contributed by atoms with van der Waals surface area (Å²) in [5, 5.41) is 13.4. The van der Waals surface area contributed by atoms with Crippen molar-refractivity contribution in [1.82, 2.24) is 9.78 Å². The molecule has 0 radical (unpaired) electrons. The molecule has 0 spiro atoms. The summed E-state index contributed by atoms with van der Waals surface area (Å²) in [5.74, 6) is -0.835. The molecule has 100 valence electrons. The average Bonchev–Trinajstić information content (AvgIpc) is 2.57. The highest BCUT2D eigenvalue weighted by Crippen LogP contribution is 2.23. The van der Waals surface area contributed by atoms with Crippen LogP contribution in [0.25, 0.3) is 5.69 Å². The van der Waals surface area contributed by atoms with E-state index in [2.05, 4.69) is 21.0 Å². The second-order valence-electron chi connectivity index (χ2n) is 4.56. The van der Waals surface area contributed by atoms with E-state index in [0.717, 1.165) is 32.7 Å². The molecule has 0 aliphatic heterocycles. The fourth-order valence-corrected chi connectivity index (χ4v) is 2.65. The maximum atomic E-state index is 10.9. The summed E-state index contributed by atoms with van der Waals surface area (Å²) in [4.78, 5) is 10.9. The fourth-order valence-electron chi connectivity index (χ4n) is 2.17. The number of aliphatic carboxylic acids is 1. The van der Waals surface area contributed by atoms with Crippen molar-refractivity contribution in [3.63, 3.8) is 0 Å². The highest BCUT2D eigenvalue weighted by atomic mass is 79.9. The summed E-state index contributed by atoms with van der Waals surface area (Å²) >= 11 is 3.43. The van der Waals surface area contributed by atoms with Crippen LogP contribution < -0.4 is 0 Å². The van der Waals surface area contributed by atoms with E-state index in [9.17, 15) is 4.79 Å². The molecule has 4 nitrogen and oxygen atoms in total. The minimum absolute atomic E-state index is 0.00718. The van der Waals surface area contributed by atoms with Gasteiger partial charge >= 0.3 is 5.97 Å². The molecule has 5 heteroatoms. The van der Waals surface area contributed by atoms with E-state index >= 15 is 0 Å². The molecule has 1 aromatic heterocycles. The molecule has 2 rings (SSSR count). The Labute approximate surface area is 120 Å². The van der Waals surface area contributed by atoms with Gasteiger partial charge in [-0.2, -0.15) is 5.10 Å². The molecule has 1 N–H and O–H groups in total. The number of carboxylic acids is 1. The van der Waals surface area contributed by atoms with Crippen molar-refractivity contribution in [1.29, 1.82) is 0 Å². The average molecular weight is 323 g/mol. The van der Waals surface area contributed by atoms with E-state index in [4.69, 9.17) is 5.11 Å². The molecule has 1 heterocycles. The van der Waals surface area contributed by atoms with E-state index < -0.39 is 5.97 Å². The van der Waals surface area contributed by atoms with Crippen molar-refractivity contribution in [2.45, 2.75) is 27.2 Å². The summed E-state index contributed by atoms with van der Waals surface area (Å²) in [7, 11) is 0. The third kappa shape index (κ3) is 2.71. The fraction of sp³-hybridized carbons (Fsp3) is 0.286. The van der Waals surface area contributed by atoms with Crippen molar-refractivity contribution in [2.24, 2.45) is 0 Å². The standard InChI is InChI=1S/C14H15BrN2O2/c1-8-6-11(15)4-5-13(8)17-10(3)12(7-14(18)19)9(2)16-17/h4-6H,7H2,1-3H3,(H,18,19). The Balaban J connectivity index is 2.54. The highest BCUT2D eigenvalue weighted by molar-refractivity contribution is 9.10. The Morgan fingerprint density at radius 1 is 1.37 bits per heavy atom. The van der Waals surface area contributed by atoms with E-state index in [-0.39, 0.29) is 6.42 Å². The molecule has 0 bridgehead atoms. The van der Waals surface area contributed by atoms with Crippen LogP contribution in [0, 0.1) is 20.8 Å². The molecule has 0 saturated carbocycles. The molecule has 0 aliphatic carbocycles. The van der Waals surface area contributed by atoms with Gasteiger partial charge in [-0.25, -0.2) is 4.68 Å². The SMILES string of the molecule is Cc1cc(Br)ccc1-n1nc(C)c(CC(=O)O)c1C. The predicted molar refractivity (Wildman–Crippen MR) is 76.8 cm³/mol. The van der Waals surface area contributed by atoms with Crippen LogP contribution in [0.3, 0.4) is 0 Å². The molecule has 2 aromatic rings. The smallest absolute Gasteiger partial charge is 0.307 e. The Kier molecular flexibility index (Phi) is 3.75. The highest BCUT2D eigenvalue weighted by Gasteiger charge is 2.16. The van der Waals surface area contributed by atoms with Crippen LogP contribution in [0.15, 0.2) is 22.7 Å². The molecule has 0 fully saturated rings. The molecule has 0 unspecified atom stereocenters. The minimum atomic E-state index is -0.835. The maximum Gasteiger partial charge on any atom is 0.307 e. The summed E-state index contributed by atoms with van der Waals surface area (Å²) in [5.41, 5.74) is 4.49. The van der Waals surface area contributed by atoms with E-state index in [1.54, 1.807) is 0 Å². The van der Waals surface area contributed by atoms with Crippen molar-refractivity contribution in [3.05, 3.63) is 45.2 Å². The minimum Gasteiger partial charge on any atom is -0.481 e. The van der Waals surface area contributed by atoms with Gasteiger partial charge in [-0.05, 0) is 44.5 Å². The zero-order chi connectivity index (χ0) is 14.2. The molecular formula is C14H15BrN2O2. The van der Waals surface area contributed by atoms with Crippen LogP contribution >= 0.6 is 15.9 Å². The first-order chi connectivity index (χ1) is 8.90. The van der Waals surface area contributed by atoms with Gasteiger partial charge in [-0.1, -0.05) is 15.9 Å². The van der Waals surface area contributed by atoms with Gasteiger partial charge < -0.3 is 5.11 Å². The molecule has 0 amide bonds. The monoisotopic (exact) mass is 322 g/mol. The van der Waals surface area contributed by atoms with Crippen molar-refractivity contribution in [2.75, 3.05) is 0 Å². The maximum absolute atomic E-state index is 10.9. The summed E-state index contributed by atoms with van der Waals surface area (Å²) in [6.07, 6.45) is 0.00718. The summed E-state index contributed by atoms with van der Waals surface area (Å²) < 4.78 is 2.83. The van der Waals surface area contributed by atoms with Crippen LogP contribution in [0.2, 0.25) is 0 Å². The van der Waals surface area contributed by atoms with Crippen LogP contribution in [0.5, 0.6) is 0 Å². The number of benzene rings is 1. The lowest BCUT2D eigenvalue weighted by molar-refractivity contribution is -0.136. The quantitative estimate of drug-likeness (QED) is 0.944. The van der Waals surface area contributed by atoms with Gasteiger partial charge in [-0.15, -0.1) is 0 Å². The molecule has 0 atom stereocenters. The zero-order valence-electron chi connectivity index (χ0n) is 11.1. The molecule has 1 aromatic carbocycles. The van der Waals surface area contributed by atoms with Gasteiger partial charge in [0, 0.05) is 15.7 Å². The normalized spacial score (nSPS) is 10.7. The third-order valence-corrected chi connectivity index (χ3v) is 3.65. The Hall–Kier alpha value is -1.62. The van der Waals surface area contributed by atoms with Crippen LogP contribution in [0.1, 0.15) is 22.5 Å². The van der Waals surface area contributed by atoms with Gasteiger partial charge in [0.2, 0.25) is 0 Å². The second kappa shape index (κ2) is 5.17. The topological polar surface area (TPSA) is 55.1 Å². The number of halogens is 1. The molecular weight excluding hydrogens is 308 g/mol. The molecule has 0 saturated heterocycles. The predicted octanol–water partition coefficient (Wildman–Crippen LogP) is 3.19. The first-order valence-corrected chi connectivity index (χ1v) is 6.73. The van der Waals surface area contributed by atoms with Gasteiger partial charge in [0.05, 0.1) is 17.8 Å². The van der Waals surface area contributed by atoms with Crippen LogP contribution in [0.4, 0.5) is 0 Å². The number of carboxylic acid groups (broad SMARTS) is 1. The number of hydrogen-bond acceptors (Lipinski definition) is 2. The lowest BCUT2D eigenvalue weighted by Crippen LogP contribution is -2.04. The first-order valence-electron chi connectivity index (χ1n) is 5.93. The Bertz CT molecular complexity index is 647. The number of aryl methyl sites for hydroxylation is 2. The van der Waals surface area contributed by atoms with Crippen molar-refractivity contribution in [3.8, 4) is 5.69 Å². The van der Waals surface area contributed by atoms with Gasteiger partial charge in [0.15, 0.2) is 0 Å². The van der Waals surface area contributed by atoms with E-state index in [1.807, 2.05) is 43.7 Å². The molecule has 19 heavy (non-hydrogen) atoms. The number of hydrogen-bond donors (Lipinski definition) is 1. The number of nitrogens with zero attached hydrogens (tertiary/aromatic N) is 2. The second-order valence-corrected chi connectivity index (χ2v) is 5.48. The molecule has 0 aliphatic rings.